The number of carbonyl (C=O) groups is 2. The third-order valence-electron chi connectivity index (χ3n) is 2.29. The Labute approximate surface area is 110 Å². The highest BCUT2D eigenvalue weighted by molar-refractivity contribution is 7.10. The van der Waals surface area contributed by atoms with Gasteiger partial charge in [-0.3, -0.25) is 4.79 Å². The highest BCUT2D eigenvalue weighted by Gasteiger charge is 2.19. The molecule has 0 aliphatic heterocycles. The van der Waals surface area contributed by atoms with Crippen molar-refractivity contribution in [2.75, 3.05) is 6.61 Å². The first-order chi connectivity index (χ1) is 8.63. The molecule has 5 nitrogen and oxygen atoms in total. The van der Waals surface area contributed by atoms with Crippen molar-refractivity contribution in [2.24, 2.45) is 0 Å². The van der Waals surface area contributed by atoms with Gasteiger partial charge in [0.15, 0.2) is 0 Å². The molecule has 1 heterocycles. The molecule has 1 unspecified atom stereocenters. The van der Waals surface area contributed by atoms with Crippen molar-refractivity contribution in [3.05, 3.63) is 22.4 Å². The van der Waals surface area contributed by atoms with Crippen LogP contribution in [0.25, 0.3) is 0 Å². The molecule has 0 spiro atoms. The van der Waals surface area contributed by atoms with Crippen molar-refractivity contribution in [1.29, 1.82) is 0 Å². The molecule has 0 aliphatic carbocycles. The van der Waals surface area contributed by atoms with E-state index in [1.54, 1.807) is 6.07 Å². The number of amides is 1. The fraction of sp³-hybridized carbons (Fsp3) is 0.500. The van der Waals surface area contributed by atoms with E-state index in [9.17, 15) is 9.59 Å². The van der Waals surface area contributed by atoms with Gasteiger partial charge in [-0.05, 0) is 17.9 Å². The standard InChI is InChI=1S/C12H17NO4S/c1-2-3-6-17-12(16)13-9(8-11(14)15)10-5-4-7-18-10/h4-5,7,9H,2-3,6,8H2,1H3,(H,13,16)(H,14,15). The number of unbranched alkanes of at least 4 members (excludes halogenated alkanes) is 1. The Hall–Kier alpha value is -1.56. The zero-order valence-electron chi connectivity index (χ0n) is 10.2. The highest BCUT2D eigenvalue weighted by Crippen LogP contribution is 2.22. The second-order valence-corrected chi connectivity index (χ2v) is 4.78. The lowest BCUT2D eigenvalue weighted by Gasteiger charge is -2.15. The summed E-state index contributed by atoms with van der Waals surface area (Å²) >= 11 is 1.41. The largest absolute Gasteiger partial charge is 0.481 e. The minimum absolute atomic E-state index is 0.149. The maximum absolute atomic E-state index is 11.5. The van der Waals surface area contributed by atoms with E-state index in [0.717, 1.165) is 17.7 Å². The van der Waals surface area contributed by atoms with Crippen LogP contribution in [0.1, 0.15) is 37.1 Å². The Morgan fingerprint density at radius 3 is 2.89 bits per heavy atom. The van der Waals surface area contributed by atoms with Crippen molar-refractivity contribution in [2.45, 2.75) is 32.2 Å². The van der Waals surface area contributed by atoms with Gasteiger partial charge in [0.2, 0.25) is 0 Å². The van der Waals surface area contributed by atoms with Crippen molar-refractivity contribution in [3.63, 3.8) is 0 Å². The van der Waals surface area contributed by atoms with E-state index in [0.29, 0.717) is 6.61 Å². The Balaban J connectivity index is 2.51. The molecule has 0 aromatic carbocycles. The summed E-state index contributed by atoms with van der Waals surface area (Å²) in [6.45, 7) is 2.35. The zero-order chi connectivity index (χ0) is 13.4. The van der Waals surface area contributed by atoms with Crippen LogP contribution in [0.5, 0.6) is 0 Å². The summed E-state index contributed by atoms with van der Waals surface area (Å²) in [5.41, 5.74) is 0. The van der Waals surface area contributed by atoms with Gasteiger partial charge in [0.25, 0.3) is 0 Å². The van der Waals surface area contributed by atoms with Crippen LogP contribution in [-0.2, 0) is 9.53 Å². The summed E-state index contributed by atoms with van der Waals surface area (Å²) in [6.07, 6.45) is 1.03. The smallest absolute Gasteiger partial charge is 0.407 e. The molecule has 2 N–H and O–H groups in total. The number of hydrogen-bond acceptors (Lipinski definition) is 4. The summed E-state index contributed by atoms with van der Waals surface area (Å²) < 4.78 is 4.95. The third-order valence-corrected chi connectivity index (χ3v) is 3.27. The van der Waals surface area contributed by atoms with Crippen molar-refractivity contribution in [3.8, 4) is 0 Å². The first-order valence-electron chi connectivity index (χ1n) is 5.82. The molecule has 0 radical (unpaired) electrons. The molecule has 18 heavy (non-hydrogen) atoms. The monoisotopic (exact) mass is 271 g/mol. The topological polar surface area (TPSA) is 75.6 Å². The van der Waals surface area contributed by atoms with E-state index in [4.69, 9.17) is 9.84 Å². The van der Waals surface area contributed by atoms with E-state index in [2.05, 4.69) is 5.32 Å². The third kappa shape index (κ3) is 5.18. The van der Waals surface area contributed by atoms with Crippen LogP contribution in [0.3, 0.4) is 0 Å². The first-order valence-corrected chi connectivity index (χ1v) is 6.70. The highest BCUT2D eigenvalue weighted by atomic mass is 32.1. The van der Waals surface area contributed by atoms with Gasteiger partial charge in [-0.1, -0.05) is 19.4 Å². The SMILES string of the molecule is CCCCOC(=O)NC(CC(=O)O)c1cccs1. The van der Waals surface area contributed by atoms with Crippen molar-refractivity contribution in [1.82, 2.24) is 5.32 Å². The average molecular weight is 271 g/mol. The van der Waals surface area contributed by atoms with Crippen LogP contribution in [0.4, 0.5) is 4.79 Å². The summed E-state index contributed by atoms with van der Waals surface area (Å²) in [5, 5.41) is 13.2. The minimum atomic E-state index is -0.956. The number of alkyl carbamates (subject to hydrolysis) is 1. The normalized spacial score (nSPS) is 11.8. The van der Waals surface area contributed by atoms with E-state index >= 15 is 0 Å². The van der Waals surface area contributed by atoms with Gasteiger partial charge in [-0.15, -0.1) is 11.3 Å². The van der Waals surface area contributed by atoms with E-state index in [1.807, 2.05) is 18.4 Å². The number of carboxylic acid groups (broad SMARTS) is 1. The van der Waals surface area contributed by atoms with Crippen LogP contribution in [0.15, 0.2) is 17.5 Å². The Kier molecular flexibility index (Phi) is 6.21. The molecule has 100 valence electrons. The summed E-state index contributed by atoms with van der Waals surface area (Å²) in [5.74, 6) is -0.956. The molecule has 0 bridgehead atoms. The summed E-state index contributed by atoms with van der Waals surface area (Å²) in [4.78, 5) is 23.1. The number of ether oxygens (including phenoxy) is 1. The average Bonchev–Trinajstić information content (AvgIpc) is 2.81. The Morgan fingerprint density at radius 2 is 2.33 bits per heavy atom. The number of thiophene rings is 1. The molecule has 0 saturated heterocycles. The molecule has 0 saturated carbocycles. The van der Waals surface area contributed by atoms with Crippen LogP contribution in [-0.4, -0.2) is 23.8 Å². The van der Waals surface area contributed by atoms with E-state index < -0.39 is 18.1 Å². The van der Waals surface area contributed by atoms with Gasteiger partial charge in [-0.25, -0.2) is 4.79 Å². The zero-order valence-corrected chi connectivity index (χ0v) is 11.0. The minimum Gasteiger partial charge on any atom is -0.481 e. The quantitative estimate of drug-likeness (QED) is 0.748. The summed E-state index contributed by atoms with van der Waals surface area (Å²) in [6, 6.07) is 3.08. The van der Waals surface area contributed by atoms with Crippen LogP contribution in [0.2, 0.25) is 0 Å². The van der Waals surface area contributed by atoms with E-state index in [-0.39, 0.29) is 6.42 Å². The van der Waals surface area contributed by atoms with Gasteiger partial charge in [0, 0.05) is 4.88 Å². The number of carboxylic acids is 1. The molecule has 1 aromatic rings. The fourth-order valence-corrected chi connectivity index (χ4v) is 2.16. The summed E-state index contributed by atoms with van der Waals surface area (Å²) in [7, 11) is 0. The maximum Gasteiger partial charge on any atom is 0.407 e. The van der Waals surface area contributed by atoms with Gasteiger partial charge in [0.05, 0.1) is 19.1 Å². The lowest BCUT2D eigenvalue weighted by molar-refractivity contribution is -0.137. The number of aliphatic carboxylic acids is 1. The van der Waals surface area contributed by atoms with Gasteiger partial charge in [-0.2, -0.15) is 0 Å². The molecular weight excluding hydrogens is 254 g/mol. The van der Waals surface area contributed by atoms with Crippen LogP contribution in [0, 0.1) is 0 Å². The molecule has 1 aromatic heterocycles. The fourth-order valence-electron chi connectivity index (χ4n) is 1.38. The van der Waals surface area contributed by atoms with Crippen LogP contribution < -0.4 is 5.32 Å². The Morgan fingerprint density at radius 1 is 1.56 bits per heavy atom. The van der Waals surface area contributed by atoms with Gasteiger partial charge in [0.1, 0.15) is 0 Å². The predicted octanol–water partition coefficient (Wildman–Crippen LogP) is 2.79. The molecule has 0 aliphatic rings. The molecular formula is C12H17NO4S. The molecule has 1 atom stereocenters. The predicted molar refractivity (Wildman–Crippen MR) is 68.7 cm³/mol. The first kappa shape index (κ1) is 14.5. The maximum atomic E-state index is 11.5. The number of rotatable bonds is 7. The van der Waals surface area contributed by atoms with Crippen molar-refractivity contribution < 1.29 is 19.4 Å². The molecule has 6 heteroatoms. The molecule has 1 amide bonds. The lowest BCUT2D eigenvalue weighted by atomic mass is 10.2. The second kappa shape index (κ2) is 7.71. The molecule has 1 rings (SSSR count). The van der Waals surface area contributed by atoms with Gasteiger partial charge < -0.3 is 15.2 Å². The number of nitrogens with one attached hydrogen (secondary N) is 1. The number of carbonyl (C=O) groups excluding carboxylic acids is 1. The number of hydrogen-bond donors (Lipinski definition) is 2. The van der Waals surface area contributed by atoms with E-state index in [1.165, 1.54) is 11.3 Å². The van der Waals surface area contributed by atoms with Crippen molar-refractivity contribution >= 4 is 23.4 Å². The second-order valence-electron chi connectivity index (χ2n) is 3.80. The lowest BCUT2D eigenvalue weighted by Crippen LogP contribution is -2.30. The van der Waals surface area contributed by atoms with Crippen LogP contribution >= 0.6 is 11.3 Å². The Bertz CT molecular complexity index is 377. The molecule has 0 fully saturated rings. The van der Waals surface area contributed by atoms with Gasteiger partial charge >= 0.3 is 12.1 Å².